The van der Waals surface area contributed by atoms with E-state index in [0.717, 1.165) is 6.07 Å². The minimum atomic E-state index is -2.74. The van der Waals surface area contributed by atoms with Crippen molar-refractivity contribution < 1.29 is 23.1 Å². The van der Waals surface area contributed by atoms with Crippen molar-refractivity contribution in [2.45, 2.75) is 18.8 Å². The summed E-state index contributed by atoms with van der Waals surface area (Å²) in [6.07, 6.45) is -1.39. The third-order valence-electron chi connectivity index (χ3n) is 3.90. The zero-order chi connectivity index (χ0) is 18.7. The lowest BCUT2D eigenvalue weighted by Gasteiger charge is -2.20. The van der Waals surface area contributed by atoms with Crippen LogP contribution in [0.2, 0.25) is 5.02 Å². The number of halogens is 3. The van der Waals surface area contributed by atoms with Crippen molar-refractivity contribution in [1.82, 2.24) is 5.32 Å². The molecule has 0 radical (unpaired) electrons. The molecule has 1 unspecified atom stereocenters. The number of anilines is 1. The summed E-state index contributed by atoms with van der Waals surface area (Å²) < 4.78 is 32.8. The summed E-state index contributed by atoms with van der Waals surface area (Å²) in [5.74, 6) is -4.23. The van der Waals surface area contributed by atoms with Crippen LogP contribution in [-0.4, -0.2) is 24.4 Å². The SMILES string of the molecule is O=C(NCc1cc(F)cc(Cl)c1)OC1(F)CCN(c2ccccc2)C1=O. The highest BCUT2D eigenvalue weighted by atomic mass is 35.5. The van der Waals surface area contributed by atoms with Gasteiger partial charge in [0.05, 0.1) is 0 Å². The van der Waals surface area contributed by atoms with Gasteiger partial charge in [-0.2, -0.15) is 4.39 Å². The number of rotatable bonds is 4. The van der Waals surface area contributed by atoms with E-state index in [2.05, 4.69) is 5.32 Å². The highest BCUT2D eigenvalue weighted by Gasteiger charge is 2.51. The Labute approximate surface area is 153 Å². The topological polar surface area (TPSA) is 58.6 Å². The van der Waals surface area contributed by atoms with Crippen molar-refractivity contribution in [3.8, 4) is 0 Å². The molecule has 1 saturated heterocycles. The van der Waals surface area contributed by atoms with Crippen LogP contribution in [0.5, 0.6) is 0 Å². The Kier molecular flexibility index (Phi) is 5.08. The highest BCUT2D eigenvalue weighted by Crippen LogP contribution is 2.32. The molecular weight excluding hydrogens is 366 g/mol. The van der Waals surface area contributed by atoms with E-state index in [9.17, 15) is 18.4 Å². The molecule has 0 saturated carbocycles. The van der Waals surface area contributed by atoms with Gasteiger partial charge in [-0.3, -0.25) is 4.79 Å². The highest BCUT2D eigenvalue weighted by molar-refractivity contribution is 6.30. The number of ether oxygens (including phenoxy) is 1. The molecule has 0 spiro atoms. The minimum absolute atomic E-state index is 0.0894. The van der Waals surface area contributed by atoms with E-state index in [-0.39, 0.29) is 24.5 Å². The summed E-state index contributed by atoms with van der Waals surface area (Å²) >= 11 is 5.72. The molecule has 0 aromatic heterocycles. The molecular formula is C18H15ClF2N2O3. The van der Waals surface area contributed by atoms with Crippen LogP contribution in [0.15, 0.2) is 48.5 Å². The summed E-state index contributed by atoms with van der Waals surface area (Å²) in [5.41, 5.74) is 0.902. The maximum atomic E-state index is 14.8. The maximum absolute atomic E-state index is 14.8. The normalized spacial score (nSPS) is 19.5. The number of alkyl carbamates (subject to hydrolysis) is 1. The van der Waals surface area contributed by atoms with Gasteiger partial charge in [0.2, 0.25) is 0 Å². The first-order valence-corrected chi connectivity index (χ1v) is 8.23. The molecule has 26 heavy (non-hydrogen) atoms. The number of nitrogens with one attached hydrogen (secondary N) is 1. The average Bonchev–Trinajstić information content (AvgIpc) is 2.88. The third kappa shape index (κ3) is 3.94. The molecule has 1 fully saturated rings. The Bertz CT molecular complexity index is 814. The Hall–Kier alpha value is -2.67. The molecule has 1 atom stereocenters. The fourth-order valence-corrected chi connectivity index (χ4v) is 2.93. The van der Waals surface area contributed by atoms with Gasteiger partial charge in [-0.05, 0) is 35.9 Å². The molecule has 0 aliphatic carbocycles. The van der Waals surface area contributed by atoms with Crippen LogP contribution in [0.25, 0.3) is 0 Å². The maximum Gasteiger partial charge on any atom is 0.410 e. The predicted molar refractivity (Wildman–Crippen MR) is 92.0 cm³/mol. The monoisotopic (exact) mass is 380 g/mol. The molecule has 2 aromatic rings. The van der Waals surface area contributed by atoms with E-state index < -0.39 is 23.7 Å². The second-order valence-electron chi connectivity index (χ2n) is 5.79. The van der Waals surface area contributed by atoms with Gasteiger partial charge in [-0.1, -0.05) is 29.8 Å². The first-order chi connectivity index (χ1) is 12.4. The fourth-order valence-electron chi connectivity index (χ4n) is 2.68. The van der Waals surface area contributed by atoms with E-state index >= 15 is 0 Å². The fraction of sp³-hybridized carbons (Fsp3) is 0.222. The largest absolute Gasteiger partial charge is 0.410 e. The predicted octanol–water partition coefficient (Wildman–Crippen LogP) is 3.81. The number of alkyl halides is 1. The van der Waals surface area contributed by atoms with Gasteiger partial charge in [0.15, 0.2) is 0 Å². The van der Waals surface area contributed by atoms with Crippen LogP contribution >= 0.6 is 11.6 Å². The second-order valence-corrected chi connectivity index (χ2v) is 6.23. The van der Waals surface area contributed by atoms with Crippen LogP contribution in [0, 0.1) is 5.82 Å². The van der Waals surface area contributed by atoms with Gasteiger partial charge in [0, 0.05) is 30.2 Å². The van der Waals surface area contributed by atoms with Crippen molar-refractivity contribution in [1.29, 1.82) is 0 Å². The number of hydrogen-bond donors (Lipinski definition) is 1. The van der Waals surface area contributed by atoms with E-state index in [1.807, 2.05) is 0 Å². The molecule has 0 bridgehead atoms. The Morgan fingerprint density at radius 1 is 1.27 bits per heavy atom. The van der Waals surface area contributed by atoms with Gasteiger partial charge in [0.1, 0.15) is 5.82 Å². The molecule has 1 aliphatic heterocycles. The summed E-state index contributed by atoms with van der Waals surface area (Å²) in [5, 5.41) is 2.45. The van der Waals surface area contributed by atoms with E-state index in [0.29, 0.717) is 11.3 Å². The van der Waals surface area contributed by atoms with Crippen molar-refractivity contribution in [2.24, 2.45) is 0 Å². The van der Waals surface area contributed by atoms with Crippen LogP contribution in [0.1, 0.15) is 12.0 Å². The number of carbonyl (C=O) groups excluding carboxylic acids is 2. The molecule has 3 rings (SSSR count). The zero-order valence-electron chi connectivity index (χ0n) is 13.5. The van der Waals surface area contributed by atoms with Crippen molar-refractivity contribution in [3.05, 3.63) is 64.9 Å². The number of benzene rings is 2. The van der Waals surface area contributed by atoms with Gasteiger partial charge in [-0.25, -0.2) is 9.18 Å². The number of amides is 2. The Morgan fingerprint density at radius 3 is 2.69 bits per heavy atom. The molecule has 2 aromatic carbocycles. The van der Waals surface area contributed by atoms with Gasteiger partial charge < -0.3 is 15.0 Å². The van der Waals surface area contributed by atoms with Gasteiger partial charge in [-0.15, -0.1) is 0 Å². The second kappa shape index (κ2) is 7.29. The minimum Gasteiger partial charge on any atom is -0.402 e. The number of nitrogens with zero attached hydrogens (tertiary/aromatic N) is 1. The Balaban J connectivity index is 1.61. The third-order valence-corrected chi connectivity index (χ3v) is 4.12. The number of para-hydroxylation sites is 1. The first kappa shape index (κ1) is 18.1. The quantitative estimate of drug-likeness (QED) is 0.877. The molecule has 1 N–H and O–H groups in total. The zero-order valence-corrected chi connectivity index (χ0v) is 14.3. The van der Waals surface area contributed by atoms with E-state index in [1.165, 1.54) is 17.0 Å². The summed E-state index contributed by atoms with van der Waals surface area (Å²) in [4.78, 5) is 25.4. The van der Waals surface area contributed by atoms with Gasteiger partial charge in [0.25, 0.3) is 0 Å². The van der Waals surface area contributed by atoms with Crippen LogP contribution in [0.3, 0.4) is 0 Å². The molecule has 2 amide bonds. The van der Waals surface area contributed by atoms with E-state index in [4.69, 9.17) is 16.3 Å². The average molecular weight is 381 g/mol. The molecule has 1 aliphatic rings. The number of carbonyl (C=O) groups is 2. The molecule has 136 valence electrons. The first-order valence-electron chi connectivity index (χ1n) is 7.85. The van der Waals surface area contributed by atoms with Gasteiger partial charge >= 0.3 is 17.9 Å². The Morgan fingerprint density at radius 2 is 2.00 bits per heavy atom. The molecule has 1 heterocycles. The lowest BCUT2D eigenvalue weighted by molar-refractivity contribution is -0.152. The van der Waals surface area contributed by atoms with Crippen LogP contribution in [0.4, 0.5) is 19.3 Å². The van der Waals surface area contributed by atoms with Crippen molar-refractivity contribution in [3.63, 3.8) is 0 Å². The van der Waals surface area contributed by atoms with Crippen LogP contribution < -0.4 is 10.2 Å². The lowest BCUT2D eigenvalue weighted by atomic mass is 10.2. The smallest absolute Gasteiger partial charge is 0.402 e. The van der Waals surface area contributed by atoms with Crippen molar-refractivity contribution in [2.75, 3.05) is 11.4 Å². The number of hydrogen-bond acceptors (Lipinski definition) is 3. The molecule has 8 heteroatoms. The standard InChI is InChI=1S/C18H15ClF2N2O3/c19-13-8-12(9-14(20)10-13)11-22-17(25)26-18(21)6-7-23(16(18)24)15-4-2-1-3-5-15/h1-5,8-10H,6-7,11H2,(H,22,25). The molecule has 5 nitrogen and oxygen atoms in total. The summed E-state index contributed by atoms with van der Waals surface area (Å²) in [6, 6.07) is 12.3. The van der Waals surface area contributed by atoms with E-state index in [1.54, 1.807) is 30.3 Å². The summed E-state index contributed by atoms with van der Waals surface area (Å²) in [6.45, 7) is -0.0326. The lowest BCUT2D eigenvalue weighted by Crippen LogP contribution is -2.42. The van der Waals surface area contributed by atoms with Crippen LogP contribution in [-0.2, 0) is 16.1 Å². The summed E-state index contributed by atoms with van der Waals surface area (Å²) in [7, 11) is 0. The van der Waals surface area contributed by atoms with Crippen molar-refractivity contribution >= 4 is 29.3 Å².